The van der Waals surface area contributed by atoms with Crippen LogP contribution in [0.5, 0.6) is 0 Å². The van der Waals surface area contributed by atoms with E-state index >= 15 is 0 Å². The number of benzene rings is 1. The molecule has 0 aromatic heterocycles. The number of carbonyl (C=O) groups excluding carboxylic acids is 1. The van der Waals surface area contributed by atoms with E-state index in [0.717, 1.165) is 6.42 Å². The number of urea groups is 1. The van der Waals surface area contributed by atoms with Crippen molar-refractivity contribution in [3.05, 3.63) is 34.9 Å². The van der Waals surface area contributed by atoms with Crippen LogP contribution in [0.1, 0.15) is 37.0 Å². The second kappa shape index (κ2) is 6.60. The molecule has 2 unspecified atom stereocenters. The molecule has 5 nitrogen and oxygen atoms in total. The molecule has 5 heteroatoms. The largest absolute Gasteiger partial charge is 0.481 e. The van der Waals surface area contributed by atoms with Gasteiger partial charge in [0.05, 0.1) is 5.41 Å². The van der Waals surface area contributed by atoms with Gasteiger partial charge >= 0.3 is 12.0 Å². The van der Waals surface area contributed by atoms with Gasteiger partial charge in [-0.05, 0) is 46.1 Å². The molecule has 0 radical (unpaired) electrons. The molecule has 0 aliphatic carbocycles. The molecule has 1 aliphatic heterocycles. The van der Waals surface area contributed by atoms with Gasteiger partial charge in [0.15, 0.2) is 0 Å². The van der Waals surface area contributed by atoms with Crippen LogP contribution >= 0.6 is 0 Å². The van der Waals surface area contributed by atoms with Crippen molar-refractivity contribution in [2.45, 2.75) is 46.6 Å². The summed E-state index contributed by atoms with van der Waals surface area (Å²) in [4.78, 5) is 25.2. The molecule has 1 aromatic carbocycles. The molecule has 1 saturated heterocycles. The number of carboxylic acids is 1. The number of aliphatic carboxylic acids is 1. The first kappa shape index (κ1) is 17.3. The van der Waals surface area contributed by atoms with E-state index in [9.17, 15) is 14.7 Å². The summed E-state index contributed by atoms with van der Waals surface area (Å²) in [5.74, 6) is -0.837. The molecule has 2 rings (SSSR count). The number of hydrogen-bond acceptors (Lipinski definition) is 2. The minimum absolute atomic E-state index is 0.000356. The van der Waals surface area contributed by atoms with Crippen molar-refractivity contribution < 1.29 is 14.7 Å². The van der Waals surface area contributed by atoms with E-state index in [2.05, 4.69) is 37.4 Å². The smallest absolute Gasteiger partial charge is 0.317 e. The van der Waals surface area contributed by atoms with E-state index in [1.165, 1.54) is 16.7 Å². The molecule has 0 saturated carbocycles. The van der Waals surface area contributed by atoms with Gasteiger partial charge in [0, 0.05) is 19.1 Å². The summed E-state index contributed by atoms with van der Waals surface area (Å²) in [6, 6.07) is 6.22. The maximum atomic E-state index is 12.3. The van der Waals surface area contributed by atoms with Crippen LogP contribution in [0.4, 0.5) is 4.79 Å². The number of carboxylic acid groups (broad SMARTS) is 1. The highest BCUT2D eigenvalue weighted by Gasteiger charge is 2.42. The average Bonchev–Trinajstić information content (AvgIpc) is 2.81. The molecule has 2 atom stereocenters. The molecule has 126 valence electrons. The predicted octanol–water partition coefficient (Wildman–Crippen LogP) is 2.74. The van der Waals surface area contributed by atoms with Gasteiger partial charge in [0.25, 0.3) is 0 Å². The number of nitrogens with zero attached hydrogens (tertiary/aromatic N) is 1. The summed E-state index contributed by atoms with van der Waals surface area (Å²) < 4.78 is 0. The molecule has 1 aromatic rings. The Bertz CT molecular complexity index is 594. The summed E-state index contributed by atoms with van der Waals surface area (Å²) >= 11 is 0. The van der Waals surface area contributed by atoms with Crippen LogP contribution in [0.15, 0.2) is 18.2 Å². The lowest BCUT2D eigenvalue weighted by atomic mass is 9.90. The lowest BCUT2D eigenvalue weighted by Crippen LogP contribution is -2.44. The topological polar surface area (TPSA) is 69.6 Å². The Morgan fingerprint density at radius 2 is 1.91 bits per heavy atom. The highest BCUT2D eigenvalue weighted by molar-refractivity contribution is 5.79. The molecular formula is C18H26N2O3. The minimum Gasteiger partial charge on any atom is -0.481 e. The molecule has 2 amide bonds. The highest BCUT2D eigenvalue weighted by Crippen LogP contribution is 2.30. The molecular weight excluding hydrogens is 292 g/mol. The zero-order valence-electron chi connectivity index (χ0n) is 14.3. The van der Waals surface area contributed by atoms with Gasteiger partial charge < -0.3 is 15.3 Å². The maximum absolute atomic E-state index is 12.3. The van der Waals surface area contributed by atoms with Crippen molar-refractivity contribution in [3.8, 4) is 0 Å². The van der Waals surface area contributed by atoms with Crippen LogP contribution < -0.4 is 5.32 Å². The van der Waals surface area contributed by atoms with Crippen molar-refractivity contribution in [2.75, 3.05) is 13.1 Å². The summed E-state index contributed by atoms with van der Waals surface area (Å²) in [5.41, 5.74) is 2.81. The number of hydrogen-bond donors (Lipinski definition) is 2. The molecule has 1 fully saturated rings. The maximum Gasteiger partial charge on any atom is 0.317 e. The fourth-order valence-electron chi connectivity index (χ4n) is 3.20. The second-order valence-electron chi connectivity index (χ2n) is 7.09. The third kappa shape index (κ3) is 4.24. The van der Waals surface area contributed by atoms with Gasteiger partial charge in [-0.1, -0.05) is 29.3 Å². The number of aryl methyl sites for hydroxylation is 2. The van der Waals surface area contributed by atoms with Crippen LogP contribution in [0, 0.1) is 19.3 Å². The average molecular weight is 318 g/mol. The van der Waals surface area contributed by atoms with Crippen molar-refractivity contribution in [1.29, 1.82) is 0 Å². The standard InChI is InChI=1S/C18H26N2O3/c1-12-7-13(2)9-15(8-12)10-14(3)19-17(23)20-6-5-18(4,11-20)16(21)22/h7-9,14H,5-6,10-11H2,1-4H3,(H,19,23)(H,21,22). The van der Waals surface area contributed by atoms with Gasteiger partial charge in [0.2, 0.25) is 0 Å². The Hall–Kier alpha value is -2.04. The summed E-state index contributed by atoms with van der Waals surface area (Å²) in [6.45, 7) is 8.56. The predicted molar refractivity (Wildman–Crippen MR) is 89.5 cm³/mol. The summed E-state index contributed by atoms with van der Waals surface area (Å²) in [6.07, 6.45) is 1.26. The van der Waals surface area contributed by atoms with Gasteiger partial charge in [-0.25, -0.2) is 4.79 Å². The molecule has 0 bridgehead atoms. The zero-order chi connectivity index (χ0) is 17.2. The highest BCUT2D eigenvalue weighted by atomic mass is 16.4. The Morgan fingerprint density at radius 3 is 2.43 bits per heavy atom. The Kier molecular flexibility index (Phi) is 4.97. The van der Waals surface area contributed by atoms with Crippen LogP contribution in [0.3, 0.4) is 0 Å². The second-order valence-corrected chi connectivity index (χ2v) is 7.09. The van der Waals surface area contributed by atoms with Crippen molar-refractivity contribution in [2.24, 2.45) is 5.41 Å². The minimum atomic E-state index is -0.837. The third-order valence-electron chi connectivity index (χ3n) is 4.47. The van der Waals surface area contributed by atoms with E-state index in [1.807, 2.05) is 6.92 Å². The number of likely N-dealkylation sites (tertiary alicyclic amines) is 1. The molecule has 1 aliphatic rings. The van der Waals surface area contributed by atoms with Crippen LogP contribution in [-0.2, 0) is 11.2 Å². The quantitative estimate of drug-likeness (QED) is 0.897. The van der Waals surface area contributed by atoms with Crippen molar-refractivity contribution >= 4 is 12.0 Å². The van der Waals surface area contributed by atoms with Gasteiger partial charge in [-0.3, -0.25) is 4.79 Å². The lowest BCUT2D eigenvalue weighted by molar-refractivity contribution is -0.146. The lowest BCUT2D eigenvalue weighted by Gasteiger charge is -2.23. The van der Waals surface area contributed by atoms with Crippen LogP contribution in [0.25, 0.3) is 0 Å². The van der Waals surface area contributed by atoms with Gasteiger partial charge in [-0.2, -0.15) is 0 Å². The Morgan fingerprint density at radius 1 is 1.30 bits per heavy atom. The normalized spacial score (nSPS) is 22.0. The van der Waals surface area contributed by atoms with Crippen LogP contribution in [0.2, 0.25) is 0 Å². The van der Waals surface area contributed by atoms with E-state index in [-0.39, 0.29) is 18.6 Å². The third-order valence-corrected chi connectivity index (χ3v) is 4.47. The molecule has 2 N–H and O–H groups in total. The number of rotatable bonds is 4. The summed E-state index contributed by atoms with van der Waals surface area (Å²) in [5, 5.41) is 12.2. The zero-order valence-corrected chi connectivity index (χ0v) is 14.3. The van der Waals surface area contributed by atoms with Crippen molar-refractivity contribution in [1.82, 2.24) is 10.2 Å². The van der Waals surface area contributed by atoms with Gasteiger partial charge in [-0.15, -0.1) is 0 Å². The number of carbonyl (C=O) groups is 2. The van der Waals surface area contributed by atoms with Crippen LogP contribution in [-0.4, -0.2) is 41.1 Å². The molecule has 23 heavy (non-hydrogen) atoms. The van der Waals surface area contributed by atoms with E-state index in [1.54, 1.807) is 11.8 Å². The van der Waals surface area contributed by atoms with Crippen molar-refractivity contribution in [3.63, 3.8) is 0 Å². The SMILES string of the molecule is Cc1cc(C)cc(CC(C)NC(=O)N2CCC(C)(C(=O)O)C2)c1. The first-order valence-electron chi connectivity index (χ1n) is 8.05. The molecule has 0 spiro atoms. The van der Waals surface area contributed by atoms with E-state index < -0.39 is 11.4 Å². The fraction of sp³-hybridized carbons (Fsp3) is 0.556. The first-order chi connectivity index (χ1) is 10.7. The molecule has 1 heterocycles. The van der Waals surface area contributed by atoms with E-state index in [4.69, 9.17) is 0 Å². The monoisotopic (exact) mass is 318 g/mol. The Labute approximate surface area is 137 Å². The number of amides is 2. The number of nitrogens with one attached hydrogen (secondary N) is 1. The van der Waals surface area contributed by atoms with Gasteiger partial charge in [0.1, 0.15) is 0 Å². The fourth-order valence-corrected chi connectivity index (χ4v) is 3.20. The first-order valence-corrected chi connectivity index (χ1v) is 8.05. The summed E-state index contributed by atoms with van der Waals surface area (Å²) in [7, 11) is 0. The Balaban J connectivity index is 1.91. The van der Waals surface area contributed by atoms with E-state index in [0.29, 0.717) is 13.0 Å².